The number of carbonyl (C=O) groups is 3. The van der Waals surface area contributed by atoms with E-state index in [1.165, 1.54) is 4.90 Å². The second-order valence-corrected chi connectivity index (χ2v) is 9.98. The maximum Gasteiger partial charge on any atom is 0.408 e. The van der Waals surface area contributed by atoms with Crippen LogP contribution in [0.2, 0.25) is 0 Å². The zero-order chi connectivity index (χ0) is 28.3. The van der Waals surface area contributed by atoms with Gasteiger partial charge < -0.3 is 30.1 Å². The molecule has 9 heteroatoms. The Balaban J connectivity index is 2.45. The number of benzene rings is 2. The van der Waals surface area contributed by atoms with Crippen LogP contribution in [-0.4, -0.2) is 59.8 Å². The SMILES string of the molecule is CCCCN(C(=O)C(CO)NC(=O)OC(C)(C)C)C(C(=O)Nc1ccc(OC)cc1)c1ccc(CC)cc1. The highest BCUT2D eigenvalue weighted by Gasteiger charge is 2.36. The van der Waals surface area contributed by atoms with Crippen LogP contribution in [0.4, 0.5) is 10.5 Å². The van der Waals surface area contributed by atoms with Crippen LogP contribution >= 0.6 is 0 Å². The Labute approximate surface area is 225 Å². The van der Waals surface area contributed by atoms with Gasteiger partial charge in [-0.15, -0.1) is 0 Å². The van der Waals surface area contributed by atoms with E-state index in [0.717, 1.165) is 18.4 Å². The highest BCUT2D eigenvalue weighted by molar-refractivity contribution is 5.99. The van der Waals surface area contributed by atoms with Crippen molar-refractivity contribution in [3.63, 3.8) is 0 Å². The predicted octanol–water partition coefficient (Wildman–Crippen LogP) is 4.45. The molecule has 2 rings (SSSR count). The molecule has 0 bridgehead atoms. The number of aliphatic hydroxyl groups is 1. The Morgan fingerprint density at radius 3 is 2.13 bits per heavy atom. The molecule has 2 atom stereocenters. The summed E-state index contributed by atoms with van der Waals surface area (Å²) in [5.74, 6) is -0.354. The molecule has 38 heavy (non-hydrogen) atoms. The Morgan fingerprint density at radius 2 is 1.63 bits per heavy atom. The predicted molar refractivity (Wildman–Crippen MR) is 147 cm³/mol. The van der Waals surface area contributed by atoms with Crippen molar-refractivity contribution in [2.24, 2.45) is 0 Å². The lowest BCUT2D eigenvalue weighted by atomic mass is 10.00. The minimum absolute atomic E-state index is 0.248. The molecular weight excluding hydrogens is 486 g/mol. The Kier molecular flexibility index (Phi) is 11.6. The maximum atomic E-state index is 13.8. The van der Waals surface area contributed by atoms with Gasteiger partial charge >= 0.3 is 6.09 Å². The van der Waals surface area contributed by atoms with Gasteiger partial charge in [0.25, 0.3) is 5.91 Å². The Hall–Kier alpha value is -3.59. The standard InChI is InChI=1S/C29H41N3O6/c1-7-9-18-32(27(35)24(19-33)31-28(36)38-29(3,4)5)25(21-12-10-20(8-2)11-13-21)26(34)30-22-14-16-23(37-6)17-15-22/h10-17,24-25,33H,7-9,18-19H2,1-6H3,(H,30,34)(H,31,36). The molecule has 0 aliphatic rings. The molecule has 3 N–H and O–H groups in total. The minimum atomic E-state index is -1.28. The van der Waals surface area contributed by atoms with Gasteiger partial charge in [0, 0.05) is 12.2 Å². The first-order chi connectivity index (χ1) is 18.0. The van der Waals surface area contributed by atoms with E-state index in [1.807, 2.05) is 38.1 Å². The van der Waals surface area contributed by atoms with Crippen molar-refractivity contribution in [3.8, 4) is 5.75 Å². The van der Waals surface area contributed by atoms with Gasteiger partial charge in [-0.2, -0.15) is 0 Å². The van der Waals surface area contributed by atoms with E-state index in [0.29, 0.717) is 23.4 Å². The number of nitrogens with one attached hydrogen (secondary N) is 2. The number of carbonyl (C=O) groups excluding carboxylic acids is 3. The van der Waals surface area contributed by atoms with E-state index in [4.69, 9.17) is 9.47 Å². The number of anilines is 1. The Bertz CT molecular complexity index is 1050. The van der Waals surface area contributed by atoms with Crippen molar-refractivity contribution >= 4 is 23.6 Å². The van der Waals surface area contributed by atoms with Gasteiger partial charge in [-0.1, -0.05) is 44.5 Å². The van der Waals surface area contributed by atoms with E-state index in [2.05, 4.69) is 10.6 Å². The summed E-state index contributed by atoms with van der Waals surface area (Å²) < 4.78 is 10.5. The number of amides is 3. The Morgan fingerprint density at radius 1 is 1.00 bits per heavy atom. The summed E-state index contributed by atoms with van der Waals surface area (Å²) in [7, 11) is 1.56. The number of aliphatic hydroxyl groups excluding tert-OH is 1. The average Bonchev–Trinajstić information content (AvgIpc) is 2.88. The molecule has 0 fully saturated rings. The monoisotopic (exact) mass is 527 g/mol. The number of ether oxygens (including phenoxy) is 2. The van der Waals surface area contributed by atoms with Gasteiger partial charge in [0.2, 0.25) is 5.91 Å². The molecule has 0 aromatic heterocycles. The van der Waals surface area contributed by atoms with E-state index in [9.17, 15) is 19.5 Å². The summed E-state index contributed by atoms with van der Waals surface area (Å²) in [6.45, 7) is 8.72. The minimum Gasteiger partial charge on any atom is -0.497 e. The van der Waals surface area contributed by atoms with Gasteiger partial charge in [0.1, 0.15) is 23.4 Å². The van der Waals surface area contributed by atoms with Crippen molar-refractivity contribution in [2.75, 3.05) is 25.6 Å². The van der Waals surface area contributed by atoms with Crippen LogP contribution in [-0.2, 0) is 20.7 Å². The van der Waals surface area contributed by atoms with Crippen molar-refractivity contribution in [1.82, 2.24) is 10.2 Å². The molecule has 0 radical (unpaired) electrons. The van der Waals surface area contributed by atoms with Gasteiger partial charge in [-0.05, 0) is 69.0 Å². The van der Waals surface area contributed by atoms with Crippen molar-refractivity contribution in [1.29, 1.82) is 0 Å². The number of aryl methyl sites for hydroxylation is 1. The first kappa shape index (κ1) is 30.6. The largest absolute Gasteiger partial charge is 0.497 e. The van der Waals surface area contributed by atoms with Gasteiger partial charge in [-0.3, -0.25) is 9.59 Å². The first-order valence-electron chi connectivity index (χ1n) is 13.0. The lowest BCUT2D eigenvalue weighted by molar-refractivity contribution is -0.141. The third kappa shape index (κ3) is 9.06. The molecule has 9 nitrogen and oxygen atoms in total. The van der Waals surface area contributed by atoms with E-state index < -0.39 is 42.2 Å². The number of rotatable bonds is 12. The van der Waals surface area contributed by atoms with Crippen molar-refractivity contribution < 1.29 is 29.0 Å². The lowest BCUT2D eigenvalue weighted by Crippen LogP contribution is -2.54. The lowest BCUT2D eigenvalue weighted by Gasteiger charge is -2.34. The highest BCUT2D eigenvalue weighted by Crippen LogP contribution is 2.26. The summed E-state index contributed by atoms with van der Waals surface area (Å²) in [5, 5.41) is 15.4. The zero-order valence-corrected chi connectivity index (χ0v) is 23.2. The molecule has 2 aromatic rings. The van der Waals surface area contributed by atoms with E-state index in [-0.39, 0.29) is 6.54 Å². The van der Waals surface area contributed by atoms with Crippen LogP contribution in [0.1, 0.15) is 64.6 Å². The third-order valence-corrected chi connectivity index (χ3v) is 5.83. The quantitative estimate of drug-likeness (QED) is 0.375. The molecule has 2 aromatic carbocycles. The first-order valence-corrected chi connectivity index (χ1v) is 13.0. The van der Waals surface area contributed by atoms with Crippen molar-refractivity contribution in [2.45, 2.75) is 71.6 Å². The summed E-state index contributed by atoms with van der Waals surface area (Å²) in [6.07, 6.45) is 1.39. The van der Waals surface area contributed by atoms with Gasteiger partial charge in [0.15, 0.2) is 0 Å². The molecule has 0 spiro atoms. The summed E-state index contributed by atoms with van der Waals surface area (Å²) in [4.78, 5) is 41.3. The number of alkyl carbamates (subject to hydrolysis) is 1. The average molecular weight is 528 g/mol. The molecule has 0 heterocycles. The van der Waals surface area contributed by atoms with Gasteiger partial charge in [-0.25, -0.2) is 4.79 Å². The summed E-state index contributed by atoms with van der Waals surface area (Å²) in [6, 6.07) is 12.1. The molecule has 0 aliphatic heterocycles. The number of nitrogens with zero attached hydrogens (tertiary/aromatic N) is 1. The second-order valence-electron chi connectivity index (χ2n) is 9.98. The normalized spacial score (nSPS) is 12.7. The van der Waals surface area contributed by atoms with Gasteiger partial charge in [0.05, 0.1) is 13.7 Å². The molecule has 3 amide bonds. The fourth-order valence-corrected chi connectivity index (χ4v) is 3.82. The van der Waals surface area contributed by atoms with Crippen molar-refractivity contribution in [3.05, 3.63) is 59.7 Å². The fourth-order valence-electron chi connectivity index (χ4n) is 3.82. The van der Waals surface area contributed by atoms with Crippen LogP contribution in [0.15, 0.2) is 48.5 Å². The molecule has 0 saturated carbocycles. The number of methoxy groups -OCH3 is 1. The smallest absolute Gasteiger partial charge is 0.408 e. The number of hydrogen-bond acceptors (Lipinski definition) is 6. The molecule has 0 aliphatic carbocycles. The second kappa shape index (κ2) is 14.4. The van der Waals surface area contributed by atoms with Crippen LogP contribution in [0.5, 0.6) is 5.75 Å². The van der Waals surface area contributed by atoms with Crippen LogP contribution in [0, 0.1) is 0 Å². The van der Waals surface area contributed by atoms with Crippen LogP contribution in [0.3, 0.4) is 0 Å². The number of unbranched alkanes of at least 4 members (excludes halogenated alkanes) is 1. The van der Waals surface area contributed by atoms with E-state index in [1.54, 1.807) is 52.1 Å². The zero-order valence-electron chi connectivity index (χ0n) is 23.2. The fraction of sp³-hybridized carbons (Fsp3) is 0.483. The molecular formula is C29H41N3O6. The van der Waals surface area contributed by atoms with E-state index >= 15 is 0 Å². The number of hydrogen-bond donors (Lipinski definition) is 3. The highest BCUT2D eigenvalue weighted by atomic mass is 16.6. The third-order valence-electron chi connectivity index (χ3n) is 5.83. The molecule has 0 saturated heterocycles. The summed E-state index contributed by atoms with van der Waals surface area (Å²) >= 11 is 0. The maximum absolute atomic E-state index is 13.8. The topological polar surface area (TPSA) is 117 Å². The molecule has 2 unspecified atom stereocenters. The van der Waals surface area contributed by atoms with Crippen LogP contribution < -0.4 is 15.4 Å². The summed E-state index contributed by atoms with van der Waals surface area (Å²) in [5.41, 5.74) is 1.47. The molecule has 208 valence electrons. The van der Waals surface area contributed by atoms with Crippen LogP contribution in [0.25, 0.3) is 0 Å².